The van der Waals surface area contributed by atoms with E-state index < -0.39 is 6.36 Å². The number of methoxy groups -OCH3 is 1. The van der Waals surface area contributed by atoms with Crippen LogP contribution in [0, 0.1) is 0 Å². The summed E-state index contributed by atoms with van der Waals surface area (Å²) in [7, 11) is 1.61. The van der Waals surface area contributed by atoms with Crippen LogP contribution in [-0.4, -0.2) is 13.5 Å². The zero-order chi connectivity index (χ0) is 16.9. The molecule has 0 aliphatic carbocycles. The molecule has 1 atom stereocenters. The van der Waals surface area contributed by atoms with Gasteiger partial charge in [0.1, 0.15) is 11.5 Å². The van der Waals surface area contributed by atoms with Crippen LogP contribution < -0.4 is 9.47 Å². The lowest BCUT2D eigenvalue weighted by Gasteiger charge is -2.11. The number of hydrogen-bond donors (Lipinski definition) is 0. The molecule has 0 amide bonds. The van der Waals surface area contributed by atoms with Crippen LogP contribution in [0.3, 0.4) is 0 Å². The minimum Gasteiger partial charge on any atom is -0.497 e. The average Bonchev–Trinajstić information content (AvgIpc) is 2.52. The number of hydrogen-bond acceptors (Lipinski definition) is 2. The second-order valence-corrected chi connectivity index (χ2v) is 5.04. The Hall–Kier alpha value is -2.43. The SMILES string of the molecule is COc1ccc(/C=C/[C@H](C)c2ccc(OC(F)(F)F)cc2)cc1. The Morgan fingerprint density at radius 3 is 2.00 bits per heavy atom. The number of alkyl halides is 3. The summed E-state index contributed by atoms with van der Waals surface area (Å²) in [5.41, 5.74) is 1.93. The average molecular weight is 322 g/mol. The van der Waals surface area contributed by atoms with Crippen molar-refractivity contribution in [3.05, 3.63) is 65.7 Å². The van der Waals surface area contributed by atoms with Gasteiger partial charge in [0.25, 0.3) is 0 Å². The molecule has 0 aromatic heterocycles. The molecule has 0 saturated heterocycles. The number of ether oxygens (including phenoxy) is 2. The van der Waals surface area contributed by atoms with E-state index >= 15 is 0 Å². The van der Waals surface area contributed by atoms with E-state index in [0.29, 0.717) is 0 Å². The fourth-order valence-electron chi connectivity index (χ4n) is 2.05. The molecule has 0 bridgehead atoms. The molecule has 122 valence electrons. The quantitative estimate of drug-likeness (QED) is 0.732. The van der Waals surface area contributed by atoms with Crippen LogP contribution in [0.1, 0.15) is 24.0 Å². The summed E-state index contributed by atoms with van der Waals surface area (Å²) in [5, 5.41) is 0. The van der Waals surface area contributed by atoms with Crippen LogP contribution in [0.4, 0.5) is 13.2 Å². The van der Waals surface area contributed by atoms with Crippen molar-refractivity contribution in [1.29, 1.82) is 0 Å². The Bertz CT molecular complexity index is 643. The third-order valence-electron chi connectivity index (χ3n) is 3.33. The summed E-state index contributed by atoms with van der Waals surface area (Å²) in [6, 6.07) is 13.5. The Morgan fingerprint density at radius 2 is 1.48 bits per heavy atom. The van der Waals surface area contributed by atoms with Crippen LogP contribution in [0.5, 0.6) is 11.5 Å². The molecule has 5 heteroatoms. The minimum atomic E-state index is -4.67. The Morgan fingerprint density at radius 1 is 0.913 bits per heavy atom. The van der Waals surface area contributed by atoms with Crippen molar-refractivity contribution in [3.63, 3.8) is 0 Å². The van der Waals surface area contributed by atoms with E-state index in [0.717, 1.165) is 16.9 Å². The molecule has 0 aliphatic heterocycles. The van der Waals surface area contributed by atoms with Crippen molar-refractivity contribution in [2.75, 3.05) is 7.11 Å². The largest absolute Gasteiger partial charge is 0.573 e. The van der Waals surface area contributed by atoms with Crippen molar-refractivity contribution in [2.24, 2.45) is 0 Å². The van der Waals surface area contributed by atoms with Crippen molar-refractivity contribution in [3.8, 4) is 11.5 Å². The van der Waals surface area contributed by atoms with E-state index in [1.807, 2.05) is 43.3 Å². The van der Waals surface area contributed by atoms with Gasteiger partial charge in [-0.3, -0.25) is 0 Å². The maximum atomic E-state index is 12.1. The van der Waals surface area contributed by atoms with Crippen molar-refractivity contribution >= 4 is 6.08 Å². The van der Waals surface area contributed by atoms with Gasteiger partial charge in [-0.1, -0.05) is 43.3 Å². The van der Waals surface area contributed by atoms with Crippen LogP contribution >= 0.6 is 0 Å². The van der Waals surface area contributed by atoms with E-state index in [4.69, 9.17) is 4.74 Å². The monoisotopic (exact) mass is 322 g/mol. The second kappa shape index (κ2) is 7.22. The highest BCUT2D eigenvalue weighted by Gasteiger charge is 2.30. The number of benzene rings is 2. The van der Waals surface area contributed by atoms with Gasteiger partial charge in [-0.15, -0.1) is 13.2 Å². The highest BCUT2D eigenvalue weighted by molar-refractivity contribution is 5.52. The minimum absolute atomic E-state index is 0.0667. The summed E-state index contributed by atoms with van der Waals surface area (Å²) in [6.45, 7) is 1.97. The Balaban J connectivity index is 2.01. The first kappa shape index (κ1) is 16.9. The van der Waals surface area contributed by atoms with Crippen molar-refractivity contribution < 1.29 is 22.6 Å². The van der Waals surface area contributed by atoms with Gasteiger partial charge in [-0.05, 0) is 41.3 Å². The highest BCUT2D eigenvalue weighted by atomic mass is 19.4. The second-order valence-electron chi connectivity index (χ2n) is 5.04. The number of rotatable bonds is 5. The molecule has 0 heterocycles. The zero-order valence-electron chi connectivity index (χ0n) is 12.8. The molecule has 0 N–H and O–H groups in total. The maximum absolute atomic E-state index is 12.1. The van der Waals surface area contributed by atoms with Crippen molar-refractivity contribution in [1.82, 2.24) is 0 Å². The van der Waals surface area contributed by atoms with Gasteiger partial charge in [0, 0.05) is 0 Å². The van der Waals surface area contributed by atoms with Gasteiger partial charge in [-0.25, -0.2) is 0 Å². The number of halogens is 3. The third-order valence-corrected chi connectivity index (χ3v) is 3.33. The highest BCUT2D eigenvalue weighted by Crippen LogP contribution is 2.25. The predicted molar refractivity (Wildman–Crippen MR) is 83.6 cm³/mol. The predicted octanol–water partition coefficient (Wildman–Crippen LogP) is 5.41. The lowest BCUT2D eigenvalue weighted by molar-refractivity contribution is -0.274. The fourth-order valence-corrected chi connectivity index (χ4v) is 2.05. The summed E-state index contributed by atoms with van der Waals surface area (Å²) in [6.07, 6.45) is -0.715. The number of allylic oxidation sites excluding steroid dienone is 1. The zero-order valence-corrected chi connectivity index (χ0v) is 12.8. The molecule has 0 spiro atoms. The normalized spacial score (nSPS) is 13.1. The summed E-state index contributed by atoms with van der Waals surface area (Å²) in [5.74, 6) is 0.639. The molecule has 0 fully saturated rings. The molecule has 2 nitrogen and oxygen atoms in total. The lowest BCUT2D eigenvalue weighted by Crippen LogP contribution is -2.17. The molecule has 0 radical (unpaired) electrons. The molecular weight excluding hydrogens is 305 g/mol. The molecular formula is C18H17F3O2. The fraction of sp³-hybridized carbons (Fsp3) is 0.222. The smallest absolute Gasteiger partial charge is 0.497 e. The first-order valence-corrected chi connectivity index (χ1v) is 7.05. The molecule has 2 aromatic rings. The molecule has 0 aliphatic rings. The summed E-state index contributed by atoms with van der Waals surface area (Å²) in [4.78, 5) is 0. The van der Waals surface area contributed by atoms with E-state index in [2.05, 4.69) is 4.74 Å². The third kappa shape index (κ3) is 5.36. The van der Waals surface area contributed by atoms with Gasteiger partial charge in [-0.2, -0.15) is 0 Å². The van der Waals surface area contributed by atoms with E-state index in [-0.39, 0.29) is 11.7 Å². The van der Waals surface area contributed by atoms with Crippen LogP contribution in [0.15, 0.2) is 54.6 Å². The topological polar surface area (TPSA) is 18.5 Å². The first-order chi connectivity index (χ1) is 10.9. The molecule has 2 rings (SSSR count). The Labute approximate surface area is 133 Å². The van der Waals surface area contributed by atoms with Gasteiger partial charge < -0.3 is 9.47 Å². The summed E-state index contributed by atoms with van der Waals surface area (Å²) >= 11 is 0. The van der Waals surface area contributed by atoms with Crippen molar-refractivity contribution in [2.45, 2.75) is 19.2 Å². The summed E-state index contributed by atoms with van der Waals surface area (Å²) < 4.78 is 45.3. The molecule has 0 saturated carbocycles. The molecule has 2 aromatic carbocycles. The standard InChI is InChI=1S/C18H17F3O2/c1-13(3-4-14-5-9-16(22-2)10-6-14)15-7-11-17(12-8-15)23-18(19,20)21/h3-13H,1-2H3/b4-3+/t13-/m0/s1. The lowest BCUT2D eigenvalue weighted by atomic mass is 10.00. The first-order valence-electron chi connectivity index (χ1n) is 7.05. The molecule has 0 unspecified atom stereocenters. The Kier molecular flexibility index (Phi) is 5.32. The van der Waals surface area contributed by atoms with Crippen LogP contribution in [-0.2, 0) is 0 Å². The van der Waals surface area contributed by atoms with Gasteiger partial charge >= 0.3 is 6.36 Å². The van der Waals surface area contributed by atoms with Gasteiger partial charge in [0.15, 0.2) is 0 Å². The molecule has 23 heavy (non-hydrogen) atoms. The maximum Gasteiger partial charge on any atom is 0.573 e. The van der Waals surface area contributed by atoms with E-state index in [9.17, 15) is 13.2 Å². The van der Waals surface area contributed by atoms with Gasteiger partial charge in [0.05, 0.1) is 7.11 Å². The van der Waals surface area contributed by atoms with Crippen LogP contribution in [0.25, 0.3) is 6.08 Å². The van der Waals surface area contributed by atoms with Crippen LogP contribution in [0.2, 0.25) is 0 Å². The van der Waals surface area contributed by atoms with E-state index in [1.165, 1.54) is 12.1 Å². The van der Waals surface area contributed by atoms with E-state index in [1.54, 1.807) is 19.2 Å². The van der Waals surface area contributed by atoms with Gasteiger partial charge in [0.2, 0.25) is 0 Å².